The van der Waals surface area contributed by atoms with Gasteiger partial charge in [-0.1, -0.05) is 50.8 Å². The topological polar surface area (TPSA) is 38.7 Å². The molecule has 0 unspecified atom stereocenters. The van der Waals surface area contributed by atoms with Crippen molar-refractivity contribution in [2.45, 2.75) is 97.6 Å². The molecule has 7 atom stereocenters. The number of rotatable bonds is 13. The molecule has 5 nitrogen and oxygen atoms in total. The average Bonchev–Trinajstić information content (AvgIpc) is 3.67. The third-order valence-electron chi connectivity index (χ3n) is 14.9. The van der Waals surface area contributed by atoms with E-state index in [4.69, 9.17) is 9.47 Å². The van der Waals surface area contributed by atoms with Crippen molar-refractivity contribution in [2.24, 2.45) is 28.6 Å². The number of likely N-dealkylation sites (tertiary alicyclic amines) is 1. The van der Waals surface area contributed by atoms with Gasteiger partial charge in [-0.05, 0) is 105 Å². The van der Waals surface area contributed by atoms with Gasteiger partial charge in [0.15, 0.2) is 11.5 Å². The summed E-state index contributed by atoms with van der Waals surface area (Å²) in [7, 11) is 1.72. The van der Waals surface area contributed by atoms with Gasteiger partial charge in [0.05, 0.1) is 58.5 Å². The predicted octanol–water partition coefficient (Wildman–Crippen LogP) is 2.61. The molecule has 0 spiro atoms. The van der Waals surface area contributed by atoms with Crippen LogP contribution in [0.4, 0.5) is 0 Å². The van der Waals surface area contributed by atoms with E-state index in [9.17, 15) is 5.11 Å². The first-order valence-electron chi connectivity index (χ1n) is 19.4. The minimum absolute atomic E-state index is 0. The lowest BCUT2D eigenvalue weighted by molar-refractivity contribution is -0.936. The maximum Gasteiger partial charge on any atom is 0.161 e. The first-order valence-corrected chi connectivity index (χ1v) is 19.4. The summed E-state index contributed by atoms with van der Waals surface area (Å²) >= 11 is 0. The Labute approximate surface area is 325 Å². The minimum Gasteiger partial charge on any atom is -1.00 e. The average molecular weight is 819 g/mol. The summed E-state index contributed by atoms with van der Waals surface area (Å²) in [6, 6.07) is 7.04. The van der Waals surface area contributed by atoms with Crippen molar-refractivity contribution in [3.05, 3.63) is 66.3 Å². The highest BCUT2D eigenvalue weighted by atomic mass is 79.9. The zero-order valence-electron chi connectivity index (χ0n) is 31.8. The van der Waals surface area contributed by atoms with Crippen molar-refractivity contribution < 1.29 is 57.5 Å². The second-order valence-electron chi connectivity index (χ2n) is 16.8. The van der Waals surface area contributed by atoms with E-state index >= 15 is 0 Å². The van der Waals surface area contributed by atoms with Crippen LogP contribution in [0.2, 0.25) is 0 Å². The highest BCUT2D eigenvalue weighted by Gasteiger charge is 2.60. The van der Waals surface area contributed by atoms with Gasteiger partial charge >= 0.3 is 0 Å². The van der Waals surface area contributed by atoms with Crippen molar-refractivity contribution in [1.29, 1.82) is 0 Å². The molecule has 0 amide bonds. The molecule has 4 aliphatic carbocycles. The van der Waals surface area contributed by atoms with Crippen LogP contribution < -0.4 is 43.4 Å². The number of benzene rings is 1. The van der Waals surface area contributed by atoms with E-state index < -0.39 is 6.10 Å². The fourth-order valence-electron chi connectivity index (χ4n) is 11.6. The van der Waals surface area contributed by atoms with Crippen LogP contribution in [-0.2, 0) is 0 Å². The maximum atomic E-state index is 11.9. The molecule has 280 valence electrons. The van der Waals surface area contributed by atoms with Gasteiger partial charge in [-0.25, -0.2) is 0 Å². The molecule has 7 heteroatoms. The van der Waals surface area contributed by atoms with Gasteiger partial charge in [0.1, 0.15) is 13.2 Å². The molecule has 5 aliphatic rings. The number of nitrogens with zero attached hydrogens (tertiary/aromatic N) is 2. The zero-order chi connectivity index (χ0) is 34.2. The number of aliphatic hydroxyl groups is 1. The lowest BCUT2D eigenvalue weighted by Gasteiger charge is -2.58. The summed E-state index contributed by atoms with van der Waals surface area (Å²) < 4.78 is 14.4. The van der Waals surface area contributed by atoms with Crippen molar-refractivity contribution in [3.8, 4) is 11.5 Å². The molecule has 0 bridgehead atoms. The summed E-state index contributed by atoms with van der Waals surface area (Å²) in [5.74, 6) is 3.46. The van der Waals surface area contributed by atoms with Gasteiger partial charge in [0, 0.05) is 31.1 Å². The van der Waals surface area contributed by atoms with E-state index in [1.54, 1.807) is 12.7 Å². The number of quaternary nitrogens is 2. The van der Waals surface area contributed by atoms with Crippen molar-refractivity contribution >= 4 is 6.08 Å². The Hall–Kier alpha value is -1.38. The molecule has 1 saturated heterocycles. The number of methoxy groups -OCH3 is 1. The van der Waals surface area contributed by atoms with Crippen LogP contribution in [-0.4, -0.2) is 85.7 Å². The van der Waals surface area contributed by atoms with Crippen LogP contribution in [0.15, 0.2) is 60.7 Å². The van der Waals surface area contributed by atoms with Crippen molar-refractivity contribution in [2.75, 3.05) is 59.5 Å². The van der Waals surface area contributed by atoms with Crippen LogP contribution in [0.1, 0.15) is 91.0 Å². The SMILES string of the molecule is C=CC[N+](CC)(CC)CCOc1ccc(/C=C2\C[C@H]3[C@@H]4CC=C5C[C@@H]([N+]6(CC=C)CCCC6)CC[C@]5(C)[C@H]4CC[C@]3(C)[C@H]2O)cc1OC.[Br-].[Br-]. The molecule has 1 heterocycles. The third kappa shape index (κ3) is 7.39. The summed E-state index contributed by atoms with van der Waals surface area (Å²) in [6.07, 6.45) is 20.1. The second-order valence-corrected chi connectivity index (χ2v) is 16.8. The Kier molecular flexibility index (Phi) is 13.9. The number of hydrogen-bond donors (Lipinski definition) is 1. The zero-order valence-corrected chi connectivity index (χ0v) is 34.9. The Morgan fingerprint density at radius 3 is 2.38 bits per heavy atom. The van der Waals surface area contributed by atoms with E-state index in [2.05, 4.69) is 71.2 Å². The standard InChI is InChI=1S/C43H66N2O3.2BrH/c1-8-22-44(10-3,11-4)26-27-48-39-17-14-32(29-40(39)47-7)28-33-30-38-36-16-15-34-31-35(45(23-9-2)24-12-13-25-45)18-20-42(34,5)37(36)19-21-43(38,6)41(33)46;;/h8-9,14-15,17,28-29,35-38,41,46H,1-2,10-13,16,18-27,30-31H2,3-7H3;2*1H/q+2;;/p-2/b33-28+;;/t35-,36+,37-,38-,41-,42-,43-;;/m0../s1. The number of allylic oxidation sites excluding steroid dienone is 1. The third-order valence-corrected chi connectivity index (χ3v) is 14.9. The molecule has 1 aromatic rings. The smallest absolute Gasteiger partial charge is 0.161 e. The van der Waals surface area contributed by atoms with Crippen LogP contribution >= 0.6 is 0 Å². The number of likely N-dealkylation sites (N-methyl/N-ethyl adjacent to an activating group) is 1. The van der Waals surface area contributed by atoms with Crippen molar-refractivity contribution in [3.63, 3.8) is 0 Å². The summed E-state index contributed by atoms with van der Waals surface area (Å²) in [5, 5.41) is 11.9. The Bertz CT molecular complexity index is 1400. The lowest BCUT2D eigenvalue weighted by atomic mass is 9.47. The number of hydrogen-bond acceptors (Lipinski definition) is 3. The molecule has 4 fully saturated rings. The van der Waals surface area contributed by atoms with Gasteiger partial charge in [-0.2, -0.15) is 0 Å². The summed E-state index contributed by atoms with van der Waals surface area (Å²) in [5.41, 5.74) is 4.32. The molecule has 1 aliphatic heterocycles. The van der Waals surface area contributed by atoms with Gasteiger partial charge in [-0.3, -0.25) is 0 Å². The molecule has 0 aromatic heterocycles. The van der Waals surface area contributed by atoms with Crippen LogP contribution in [0, 0.1) is 28.6 Å². The molecule has 6 rings (SSSR count). The van der Waals surface area contributed by atoms with Gasteiger partial charge in [0.25, 0.3) is 0 Å². The first kappa shape index (κ1) is 41.4. The minimum atomic E-state index is -0.392. The van der Waals surface area contributed by atoms with E-state index in [1.165, 1.54) is 68.1 Å². The summed E-state index contributed by atoms with van der Waals surface area (Å²) in [6.45, 7) is 26.1. The number of aliphatic hydroxyl groups excluding tert-OH is 1. The molecule has 0 radical (unpaired) electrons. The van der Waals surface area contributed by atoms with E-state index in [-0.39, 0.29) is 39.4 Å². The monoisotopic (exact) mass is 816 g/mol. The second kappa shape index (κ2) is 16.7. The van der Waals surface area contributed by atoms with Crippen LogP contribution in [0.25, 0.3) is 6.08 Å². The van der Waals surface area contributed by atoms with Crippen LogP contribution in [0.3, 0.4) is 0 Å². The van der Waals surface area contributed by atoms with Gasteiger partial charge in [0.2, 0.25) is 0 Å². The molecular weight excluding hydrogens is 752 g/mol. The molecular formula is C43H66Br2N2O3. The number of fused-ring (bicyclic) bond motifs is 5. The van der Waals surface area contributed by atoms with E-state index in [0.717, 1.165) is 79.1 Å². The predicted molar refractivity (Wildman–Crippen MR) is 199 cm³/mol. The van der Waals surface area contributed by atoms with E-state index in [0.29, 0.717) is 23.9 Å². The van der Waals surface area contributed by atoms with Gasteiger partial charge in [-0.15, -0.1) is 0 Å². The molecule has 1 aromatic carbocycles. The van der Waals surface area contributed by atoms with E-state index in [1.807, 2.05) is 12.1 Å². The Morgan fingerprint density at radius 2 is 1.72 bits per heavy atom. The number of ether oxygens (including phenoxy) is 2. The quantitative estimate of drug-likeness (QED) is 0.246. The molecule has 3 saturated carbocycles. The summed E-state index contributed by atoms with van der Waals surface area (Å²) in [4.78, 5) is 0. The first-order chi connectivity index (χ1) is 23.1. The molecule has 50 heavy (non-hydrogen) atoms. The largest absolute Gasteiger partial charge is 1.00 e. The number of halogens is 2. The Morgan fingerprint density at radius 1 is 0.980 bits per heavy atom. The maximum absolute atomic E-state index is 11.9. The lowest BCUT2D eigenvalue weighted by Crippen LogP contribution is -3.00. The highest BCUT2D eigenvalue weighted by Crippen LogP contribution is 2.66. The molecule has 1 N–H and O–H groups in total. The van der Waals surface area contributed by atoms with Crippen molar-refractivity contribution in [1.82, 2.24) is 0 Å². The van der Waals surface area contributed by atoms with Gasteiger partial charge < -0.3 is 57.5 Å². The normalized spacial score (nSPS) is 33.5. The Balaban J connectivity index is 0.00000281. The fourth-order valence-corrected chi connectivity index (χ4v) is 11.6. The highest BCUT2D eigenvalue weighted by molar-refractivity contribution is 5.60. The van der Waals surface area contributed by atoms with Crippen LogP contribution in [0.5, 0.6) is 11.5 Å². The fraction of sp³-hybridized carbons (Fsp3) is 0.674.